The Balaban J connectivity index is 1.19. The SMILES string of the molecule is NCCc1cccc(C(=O)Nc2ccc(Nc3cc(-c4cccc5c4oc4ccccc45)ncn3)cc2)c1OC(=O)C(F)(F)F. The Morgan fingerprint density at radius 1 is 0.867 bits per heavy atom. The van der Waals surface area contributed by atoms with E-state index in [2.05, 4.69) is 25.3 Å². The molecule has 0 spiro atoms. The summed E-state index contributed by atoms with van der Waals surface area (Å²) in [6.07, 6.45) is -3.70. The lowest BCUT2D eigenvalue weighted by molar-refractivity contribution is -0.189. The van der Waals surface area contributed by atoms with E-state index in [0.717, 1.165) is 21.9 Å². The lowest BCUT2D eigenvalue weighted by Gasteiger charge is -2.15. The van der Waals surface area contributed by atoms with E-state index in [9.17, 15) is 22.8 Å². The minimum Gasteiger partial charge on any atom is -0.455 e. The molecule has 0 radical (unpaired) electrons. The quantitative estimate of drug-likeness (QED) is 0.124. The second kappa shape index (κ2) is 12.1. The third-order valence-corrected chi connectivity index (χ3v) is 6.94. The number of alkyl halides is 3. The van der Waals surface area contributed by atoms with Crippen LogP contribution in [-0.2, 0) is 11.2 Å². The van der Waals surface area contributed by atoms with Crippen molar-refractivity contribution in [3.8, 4) is 17.0 Å². The molecular weight excluding hydrogens is 587 g/mol. The first-order valence-electron chi connectivity index (χ1n) is 13.7. The molecule has 45 heavy (non-hydrogen) atoms. The first-order chi connectivity index (χ1) is 21.7. The zero-order valence-electron chi connectivity index (χ0n) is 23.4. The molecule has 0 bridgehead atoms. The molecule has 2 aromatic heterocycles. The van der Waals surface area contributed by atoms with Gasteiger partial charge in [0.05, 0.1) is 11.3 Å². The van der Waals surface area contributed by atoms with Crippen molar-refractivity contribution in [2.45, 2.75) is 12.6 Å². The van der Waals surface area contributed by atoms with Crippen LogP contribution in [0.2, 0.25) is 0 Å². The average molecular weight is 612 g/mol. The van der Waals surface area contributed by atoms with Crippen LogP contribution in [-0.4, -0.2) is 34.6 Å². The standard InChI is InChI=1S/C33H24F3N5O4/c34-33(35,36)32(43)45-29-19(15-16-37)5-3-9-25(29)31(42)41-21-13-11-20(12-14-21)40-28-17-26(38-18-39-28)24-8-4-7-23-22-6-1-2-10-27(22)44-30(23)24/h1-14,17-18H,15-16,37H2,(H,41,42)(H,38,39,40). The van der Waals surface area contributed by atoms with Gasteiger partial charge >= 0.3 is 12.1 Å². The van der Waals surface area contributed by atoms with E-state index in [1.807, 2.05) is 42.5 Å². The number of nitrogens with zero attached hydrogens (tertiary/aromatic N) is 2. The zero-order chi connectivity index (χ0) is 31.6. The fourth-order valence-electron chi connectivity index (χ4n) is 4.89. The van der Waals surface area contributed by atoms with Gasteiger partial charge < -0.3 is 25.5 Å². The summed E-state index contributed by atoms with van der Waals surface area (Å²) in [7, 11) is 0. The molecule has 0 aliphatic rings. The van der Waals surface area contributed by atoms with E-state index in [0.29, 0.717) is 28.5 Å². The molecule has 2 heterocycles. The molecule has 6 rings (SSSR count). The molecule has 0 fully saturated rings. The number of para-hydroxylation sites is 3. The largest absolute Gasteiger partial charge is 0.491 e. The summed E-state index contributed by atoms with van der Waals surface area (Å²) in [6, 6.07) is 26.2. The number of furan rings is 1. The summed E-state index contributed by atoms with van der Waals surface area (Å²) in [5.41, 5.74) is 9.46. The number of carbonyl (C=O) groups excluding carboxylic acids is 2. The van der Waals surface area contributed by atoms with Crippen molar-refractivity contribution < 1.29 is 31.9 Å². The van der Waals surface area contributed by atoms with E-state index in [1.165, 1.54) is 24.5 Å². The Hall–Kier alpha value is -5.75. The van der Waals surface area contributed by atoms with E-state index in [4.69, 9.17) is 10.2 Å². The van der Waals surface area contributed by atoms with Crippen molar-refractivity contribution in [1.82, 2.24) is 9.97 Å². The Morgan fingerprint density at radius 2 is 1.60 bits per heavy atom. The summed E-state index contributed by atoms with van der Waals surface area (Å²) < 4.78 is 49.5. The van der Waals surface area contributed by atoms with Crippen LogP contribution >= 0.6 is 0 Å². The first kappa shape index (κ1) is 29.3. The molecule has 6 aromatic rings. The lowest BCUT2D eigenvalue weighted by Crippen LogP contribution is -2.29. The third kappa shape index (κ3) is 6.17. The van der Waals surface area contributed by atoms with Crippen LogP contribution in [0.25, 0.3) is 33.2 Å². The van der Waals surface area contributed by atoms with Crippen LogP contribution in [0.5, 0.6) is 5.75 Å². The van der Waals surface area contributed by atoms with Crippen LogP contribution < -0.4 is 21.1 Å². The number of benzene rings is 4. The number of esters is 1. The topological polar surface area (TPSA) is 132 Å². The molecule has 4 N–H and O–H groups in total. The van der Waals surface area contributed by atoms with Gasteiger partial charge in [-0.25, -0.2) is 14.8 Å². The number of halogens is 3. The van der Waals surface area contributed by atoms with Crippen molar-refractivity contribution in [2.75, 3.05) is 17.2 Å². The van der Waals surface area contributed by atoms with E-state index >= 15 is 0 Å². The molecule has 9 nitrogen and oxygen atoms in total. The molecule has 1 amide bonds. The van der Waals surface area contributed by atoms with Crippen molar-refractivity contribution in [2.24, 2.45) is 5.73 Å². The fourth-order valence-corrected chi connectivity index (χ4v) is 4.89. The number of amides is 1. The van der Waals surface area contributed by atoms with Gasteiger partial charge in [0.15, 0.2) is 0 Å². The van der Waals surface area contributed by atoms with Crippen LogP contribution in [0.1, 0.15) is 15.9 Å². The molecule has 0 atom stereocenters. The Labute approximate surface area is 253 Å². The van der Waals surface area contributed by atoms with Gasteiger partial charge in [0.1, 0.15) is 29.1 Å². The van der Waals surface area contributed by atoms with Crippen LogP contribution in [0, 0.1) is 0 Å². The van der Waals surface area contributed by atoms with Crippen molar-refractivity contribution >= 4 is 51.0 Å². The van der Waals surface area contributed by atoms with Crippen molar-refractivity contribution in [1.29, 1.82) is 0 Å². The molecule has 4 aromatic carbocycles. The maximum absolute atomic E-state index is 13.1. The highest BCUT2D eigenvalue weighted by Gasteiger charge is 2.42. The predicted molar refractivity (Wildman–Crippen MR) is 163 cm³/mol. The summed E-state index contributed by atoms with van der Waals surface area (Å²) in [5, 5.41) is 7.81. The third-order valence-electron chi connectivity index (χ3n) is 6.94. The van der Waals surface area contributed by atoms with Crippen molar-refractivity contribution in [3.05, 3.63) is 108 Å². The number of nitrogens with two attached hydrogens (primary N) is 1. The van der Waals surface area contributed by atoms with Gasteiger partial charge in [-0.1, -0.05) is 42.5 Å². The van der Waals surface area contributed by atoms with E-state index in [-0.39, 0.29) is 24.1 Å². The Kier molecular flexibility index (Phi) is 7.88. The summed E-state index contributed by atoms with van der Waals surface area (Å²) in [5.74, 6) is -3.17. The van der Waals surface area contributed by atoms with E-state index in [1.54, 1.807) is 30.3 Å². The number of aromatic nitrogens is 2. The maximum Gasteiger partial charge on any atom is 0.491 e. The van der Waals surface area contributed by atoms with Gasteiger partial charge in [-0.2, -0.15) is 13.2 Å². The number of rotatable bonds is 8. The molecule has 0 saturated heterocycles. The smallest absolute Gasteiger partial charge is 0.455 e. The van der Waals surface area contributed by atoms with Gasteiger partial charge in [0.25, 0.3) is 5.91 Å². The predicted octanol–water partition coefficient (Wildman–Crippen LogP) is 7.01. The number of hydrogen-bond acceptors (Lipinski definition) is 8. The zero-order valence-corrected chi connectivity index (χ0v) is 23.4. The first-order valence-corrected chi connectivity index (χ1v) is 13.7. The van der Waals surface area contributed by atoms with Crippen LogP contribution in [0.4, 0.5) is 30.4 Å². The molecule has 0 saturated carbocycles. The molecule has 0 unspecified atom stereocenters. The lowest BCUT2D eigenvalue weighted by atomic mass is 10.0. The van der Waals surface area contributed by atoms with Gasteiger partial charge in [-0.05, 0) is 61.0 Å². The second-order valence-corrected chi connectivity index (χ2v) is 9.95. The highest BCUT2D eigenvalue weighted by molar-refractivity contribution is 6.09. The molecule has 0 aliphatic carbocycles. The highest BCUT2D eigenvalue weighted by atomic mass is 19.4. The van der Waals surface area contributed by atoms with Gasteiger partial charge in [-0.15, -0.1) is 0 Å². The minimum absolute atomic E-state index is 0.0690. The molecule has 0 aliphatic heterocycles. The number of anilines is 3. The number of fused-ring (bicyclic) bond motifs is 3. The number of hydrogen-bond donors (Lipinski definition) is 3. The van der Waals surface area contributed by atoms with Gasteiger partial charge in [0.2, 0.25) is 0 Å². The second-order valence-electron chi connectivity index (χ2n) is 9.95. The van der Waals surface area contributed by atoms with Crippen LogP contribution in [0.3, 0.4) is 0 Å². The Bertz CT molecular complexity index is 2040. The minimum atomic E-state index is -5.24. The monoisotopic (exact) mass is 611 g/mol. The van der Waals surface area contributed by atoms with E-state index < -0.39 is 23.8 Å². The molecule has 12 heteroatoms. The Morgan fingerprint density at radius 3 is 2.38 bits per heavy atom. The molecule has 226 valence electrons. The van der Waals surface area contributed by atoms with Crippen molar-refractivity contribution in [3.63, 3.8) is 0 Å². The summed E-state index contributed by atoms with van der Waals surface area (Å²) in [4.78, 5) is 33.4. The summed E-state index contributed by atoms with van der Waals surface area (Å²) in [6.45, 7) is 0.0690. The number of nitrogens with one attached hydrogen (secondary N) is 2. The fraction of sp³-hybridized carbons (Fsp3) is 0.0909. The van der Waals surface area contributed by atoms with Gasteiger partial charge in [0, 0.05) is 33.8 Å². The highest BCUT2D eigenvalue weighted by Crippen LogP contribution is 2.35. The molecular formula is C33H24F3N5O4. The summed E-state index contributed by atoms with van der Waals surface area (Å²) >= 11 is 0. The normalized spacial score (nSPS) is 11.5. The van der Waals surface area contributed by atoms with Crippen LogP contribution in [0.15, 0.2) is 102 Å². The average Bonchev–Trinajstić information content (AvgIpc) is 3.41. The number of ether oxygens (including phenoxy) is 1. The van der Waals surface area contributed by atoms with Gasteiger partial charge in [-0.3, -0.25) is 4.79 Å². The number of carbonyl (C=O) groups is 2. The maximum atomic E-state index is 13.1.